The van der Waals surface area contributed by atoms with E-state index in [2.05, 4.69) is 20.6 Å². The van der Waals surface area contributed by atoms with Gasteiger partial charge in [-0.05, 0) is 25.7 Å². The molecule has 136 valence electrons. The fourth-order valence-corrected chi connectivity index (χ4v) is 4.72. The minimum Gasteiger partial charge on any atom is -0.390 e. The van der Waals surface area contributed by atoms with Crippen LogP contribution >= 0.6 is 11.3 Å². The van der Waals surface area contributed by atoms with Gasteiger partial charge < -0.3 is 15.2 Å². The van der Waals surface area contributed by atoms with E-state index in [1.807, 2.05) is 17.1 Å². The van der Waals surface area contributed by atoms with Crippen LogP contribution in [0, 0.1) is 0 Å². The summed E-state index contributed by atoms with van der Waals surface area (Å²) in [5.74, 6) is 0. The molecule has 0 bridgehead atoms. The summed E-state index contributed by atoms with van der Waals surface area (Å²) < 4.78 is 7.65. The van der Waals surface area contributed by atoms with Crippen molar-refractivity contribution in [3.05, 3.63) is 28.0 Å². The van der Waals surface area contributed by atoms with E-state index in [0.717, 1.165) is 43.8 Å². The second kappa shape index (κ2) is 7.90. The lowest BCUT2D eigenvalue weighted by atomic mass is 9.90. The van der Waals surface area contributed by atoms with E-state index < -0.39 is 0 Å². The van der Waals surface area contributed by atoms with Gasteiger partial charge in [0.05, 0.1) is 18.8 Å². The van der Waals surface area contributed by atoms with Gasteiger partial charge >= 0.3 is 0 Å². The van der Waals surface area contributed by atoms with E-state index in [0.29, 0.717) is 17.8 Å². The van der Waals surface area contributed by atoms with Crippen molar-refractivity contribution in [3.8, 4) is 0 Å². The van der Waals surface area contributed by atoms with Gasteiger partial charge in [0.2, 0.25) is 0 Å². The number of aliphatic hydroxyl groups excluding tert-OH is 1. The van der Waals surface area contributed by atoms with Gasteiger partial charge in [0.25, 0.3) is 0 Å². The second-order valence-corrected chi connectivity index (χ2v) is 8.00. The van der Waals surface area contributed by atoms with Crippen LogP contribution in [0.15, 0.2) is 12.4 Å². The van der Waals surface area contributed by atoms with Crippen molar-refractivity contribution in [1.29, 1.82) is 0 Å². The van der Waals surface area contributed by atoms with Gasteiger partial charge in [-0.2, -0.15) is 0 Å². The summed E-state index contributed by atoms with van der Waals surface area (Å²) in [6, 6.07) is 0.669. The zero-order chi connectivity index (χ0) is 17.1. The first-order chi connectivity index (χ1) is 12.3. The highest BCUT2D eigenvalue weighted by atomic mass is 32.1. The molecule has 7 nitrogen and oxygen atoms in total. The van der Waals surface area contributed by atoms with Crippen molar-refractivity contribution in [3.63, 3.8) is 0 Å². The largest absolute Gasteiger partial charge is 0.390 e. The Morgan fingerprint density at radius 1 is 1.28 bits per heavy atom. The summed E-state index contributed by atoms with van der Waals surface area (Å²) in [4.78, 5) is 5.81. The Hall–Kier alpha value is -1.35. The molecule has 1 saturated heterocycles. The Morgan fingerprint density at radius 2 is 2.20 bits per heavy atom. The Morgan fingerprint density at radius 3 is 3.00 bits per heavy atom. The van der Waals surface area contributed by atoms with Crippen molar-refractivity contribution in [1.82, 2.24) is 25.3 Å². The molecule has 1 unspecified atom stereocenters. The molecule has 3 atom stereocenters. The first-order valence-electron chi connectivity index (χ1n) is 9.14. The molecular weight excluding hydrogens is 338 g/mol. The number of ether oxygens (including phenoxy) is 1. The van der Waals surface area contributed by atoms with E-state index in [1.54, 1.807) is 11.3 Å². The van der Waals surface area contributed by atoms with Crippen LogP contribution in [0.1, 0.15) is 66.2 Å². The fourth-order valence-electron chi connectivity index (χ4n) is 3.77. The number of rotatable bonds is 6. The Bertz CT molecular complexity index is 682. The molecule has 1 aliphatic carbocycles. The minimum atomic E-state index is -0.0578. The predicted octanol–water partition coefficient (Wildman–Crippen LogP) is 2.35. The van der Waals surface area contributed by atoms with Crippen molar-refractivity contribution in [2.75, 3.05) is 6.61 Å². The molecule has 2 aromatic heterocycles. The lowest BCUT2D eigenvalue weighted by Crippen LogP contribution is -2.39. The van der Waals surface area contributed by atoms with Gasteiger partial charge in [0.15, 0.2) is 0 Å². The van der Waals surface area contributed by atoms with Gasteiger partial charge in [-0.3, -0.25) is 0 Å². The van der Waals surface area contributed by atoms with Gasteiger partial charge in [-0.15, -0.1) is 16.4 Å². The molecule has 25 heavy (non-hydrogen) atoms. The van der Waals surface area contributed by atoms with Gasteiger partial charge in [-0.1, -0.05) is 18.1 Å². The highest BCUT2D eigenvalue weighted by Gasteiger charge is 2.28. The number of thiazole rings is 1. The lowest BCUT2D eigenvalue weighted by Gasteiger charge is -2.32. The first-order valence-corrected chi connectivity index (χ1v) is 9.96. The summed E-state index contributed by atoms with van der Waals surface area (Å²) in [6.45, 7) is 1.63. The van der Waals surface area contributed by atoms with Crippen LogP contribution in [0.25, 0.3) is 0 Å². The van der Waals surface area contributed by atoms with E-state index in [-0.39, 0.29) is 12.7 Å². The molecule has 0 spiro atoms. The number of aromatic nitrogens is 4. The maximum atomic E-state index is 9.21. The molecule has 1 aliphatic heterocycles. The SMILES string of the molecule is OCc1cn([C@@H]2CCCC[C@@H]2NCc2cnc(C3CCCO3)s2)nn1. The van der Waals surface area contributed by atoms with E-state index in [4.69, 9.17) is 4.74 Å². The van der Waals surface area contributed by atoms with Crippen molar-refractivity contribution in [2.24, 2.45) is 0 Å². The fraction of sp³-hybridized carbons (Fsp3) is 0.706. The van der Waals surface area contributed by atoms with Gasteiger partial charge in [0, 0.05) is 30.3 Å². The summed E-state index contributed by atoms with van der Waals surface area (Å²) >= 11 is 1.76. The topological polar surface area (TPSA) is 85.1 Å². The smallest absolute Gasteiger partial charge is 0.122 e. The van der Waals surface area contributed by atoms with Crippen LogP contribution in [0.3, 0.4) is 0 Å². The maximum Gasteiger partial charge on any atom is 0.122 e. The number of aliphatic hydroxyl groups is 1. The second-order valence-electron chi connectivity index (χ2n) is 6.85. The number of hydrogen-bond donors (Lipinski definition) is 2. The van der Waals surface area contributed by atoms with Crippen LogP contribution in [0.5, 0.6) is 0 Å². The molecule has 2 fully saturated rings. The molecular formula is C17H25N5O2S. The Balaban J connectivity index is 1.38. The zero-order valence-electron chi connectivity index (χ0n) is 14.3. The van der Waals surface area contributed by atoms with Crippen LogP contribution < -0.4 is 5.32 Å². The lowest BCUT2D eigenvalue weighted by molar-refractivity contribution is 0.111. The van der Waals surface area contributed by atoms with Crippen LogP contribution in [-0.2, 0) is 17.9 Å². The Kier molecular flexibility index (Phi) is 5.40. The van der Waals surface area contributed by atoms with Gasteiger partial charge in [-0.25, -0.2) is 9.67 Å². The van der Waals surface area contributed by atoms with Crippen molar-refractivity contribution >= 4 is 11.3 Å². The monoisotopic (exact) mass is 363 g/mol. The third kappa shape index (κ3) is 3.92. The number of hydrogen-bond acceptors (Lipinski definition) is 7. The van der Waals surface area contributed by atoms with Gasteiger partial charge in [0.1, 0.15) is 16.8 Å². The third-order valence-corrected chi connectivity index (χ3v) is 6.19. The Labute approximate surface area is 151 Å². The zero-order valence-corrected chi connectivity index (χ0v) is 15.1. The van der Waals surface area contributed by atoms with Crippen molar-refractivity contribution in [2.45, 2.75) is 69.9 Å². The van der Waals surface area contributed by atoms with E-state index >= 15 is 0 Å². The molecule has 0 aromatic carbocycles. The molecule has 2 N–H and O–H groups in total. The summed E-state index contributed by atoms with van der Waals surface area (Å²) in [6.07, 6.45) is 10.9. The molecule has 2 aliphatic rings. The van der Waals surface area contributed by atoms with Crippen LogP contribution in [-0.4, -0.2) is 37.7 Å². The molecule has 8 heteroatoms. The summed E-state index contributed by atoms with van der Waals surface area (Å²) in [5, 5.41) is 22.3. The van der Waals surface area contributed by atoms with Crippen molar-refractivity contribution < 1.29 is 9.84 Å². The number of nitrogens with one attached hydrogen (secondary N) is 1. The summed E-state index contributed by atoms with van der Waals surface area (Å²) in [5.41, 5.74) is 0.632. The van der Waals surface area contributed by atoms with E-state index in [1.165, 1.54) is 17.7 Å². The standard InChI is InChI=1S/C17H25N5O2S/c23-11-12-10-22(21-20-12)15-5-2-1-4-14(15)18-8-13-9-19-17(25-13)16-6-3-7-24-16/h9-10,14-16,18,23H,1-8,11H2/t14-,15+,16?/m0/s1. The molecule has 2 aromatic rings. The quantitative estimate of drug-likeness (QED) is 0.819. The third-order valence-electron chi connectivity index (χ3n) is 5.10. The molecule has 4 rings (SSSR count). The summed E-state index contributed by atoms with van der Waals surface area (Å²) in [7, 11) is 0. The molecule has 1 saturated carbocycles. The first kappa shape index (κ1) is 17.1. The average molecular weight is 363 g/mol. The average Bonchev–Trinajstić information content (AvgIpc) is 3.41. The number of nitrogens with zero attached hydrogens (tertiary/aromatic N) is 4. The molecule has 0 radical (unpaired) electrons. The van der Waals surface area contributed by atoms with Crippen LogP contribution in [0.4, 0.5) is 0 Å². The minimum absolute atomic E-state index is 0.0578. The molecule has 0 amide bonds. The highest BCUT2D eigenvalue weighted by Crippen LogP contribution is 2.32. The van der Waals surface area contributed by atoms with E-state index in [9.17, 15) is 5.11 Å². The highest BCUT2D eigenvalue weighted by molar-refractivity contribution is 7.11. The normalized spacial score (nSPS) is 27.0. The van der Waals surface area contributed by atoms with Crippen LogP contribution in [0.2, 0.25) is 0 Å². The predicted molar refractivity (Wildman–Crippen MR) is 94.1 cm³/mol. The molecule has 3 heterocycles. The maximum absolute atomic E-state index is 9.21.